The van der Waals surface area contributed by atoms with Crippen molar-refractivity contribution in [3.05, 3.63) is 63.6 Å². The number of carbonyl (C=O) groups is 1. The van der Waals surface area contributed by atoms with Crippen LogP contribution in [0.15, 0.2) is 35.3 Å². The zero-order valence-corrected chi connectivity index (χ0v) is 21.2. The van der Waals surface area contributed by atoms with Gasteiger partial charge in [0.15, 0.2) is 0 Å². The van der Waals surface area contributed by atoms with Gasteiger partial charge in [0.1, 0.15) is 12.4 Å². The van der Waals surface area contributed by atoms with Crippen molar-refractivity contribution in [2.24, 2.45) is 11.8 Å². The Morgan fingerprint density at radius 3 is 2.57 bits per heavy atom. The van der Waals surface area contributed by atoms with Crippen molar-refractivity contribution in [2.75, 3.05) is 26.2 Å². The van der Waals surface area contributed by atoms with Crippen LogP contribution in [0, 0.1) is 31.5 Å². The van der Waals surface area contributed by atoms with Gasteiger partial charge in [-0.15, -0.1) is 0 Å². The highest BCUT2D eigenvalue weighted by Crippen LogP contribution is 2.24. The lowest BCUT2D eigenvalue weighted by atomic mass is 9.92. The van der Waals surface area contributed by atoms with Gasteiger partial charge in [0.05, 0.1) is 18.1 Å². The van der Waals surface area contributed by atoms with Crippen LogP contribution >= 0.6 is 0 Å². The third-order valence-electron chi connectivity index (χ3n) is 7.10. The molecule has 8 heteroatoms. The number of amides is 1. The summed E-state index contributed by atoms with van der Waals surface area (Å²) in [7, 11) is 0. The fraction of sp³-hybridized carbons (Fsp3) is 0.519. The molecule has 2 atom stereocenters. The summed E-state index contributed by atoms with van der Waals surface area (Å²) < 4.78 is 17.4. The van der Waals surface area contributed by atoms with E-state index >= 15 is 0 Å². The molecule has 0 saturated carbocycles. The number of hydrogen-bond donors (Lipinski definition) is 1. The zero-order valence-electron chi connectivity index (χ0n) is 21.2. The third kappa shape index (κ3) is 5.64. The molecule has 1 fully saturated rings. The van der Waals surface area contributed by atoms with Crippen LogP contribution in [0.3, 0.4) is 0 Å². The number of nitrogens with zero attached hydrogens (tertiary/aromatic N) is 4. The first-order valence-electron chi connectivity index (χ1n) is 12.5. The van der Waals surface area contributed by atoms with Gasteiger partial charge in [-0.3, -0.25) is 9.59 Å². The summed E-state index contributed by atoms with van der Waals surface area (Å²) in [6.07, 6.45) is 3.79. The Morgan fingerprint density at radius 2 is 1.86 bits per heavy atom. The molecule has 1 aliphatic heterocycles. The summed E-state index contributed by atoms with van der Waals surface area (Å²) in [5, 5.41) is 8.43. The quantitative estimate of drug-likeness (QED) is 0.500. The maximum atomic E-state index is 14.2. The van der Waals surface area contributed by atoms with Crippen molar-refractivity contribution >= 4 is 16.7 Å². The van der Waals surface area contributed by atoms with E-state index in [2.05, 4.69) is 29.2 Å². The predicted octanol–water partition coefficient (Wildman–Crippen LogP) is 3.49. The Kier molecular flexibility index (Phi) is 7.69. The summed E-state index contributed by atoms with van der Waals surface area (Å²) in [4.78, 5) is 28.2. The highest BCUT2D eigenvalue weighted by Gasteiger charge is 2.21. The Morgan fingerprint density at radius 1 is 1.14 bits per heavy atom. The molecule has 1 aliphatic rings. The molecule has 188 valence electrons. The van der Waals surface area contributed by atoms with Gasteiger partial charge in [-0.05, 0) is 51.1 Å². The first-order chi connectivity index (χ1) is 16.7. The van der Waals surface area contributed by atoms with Crippen LogP contribution in [0.1, 0.15) is 43.6 Å². The maximum absolute atomic E-state index is 14.2. The lowest BCUT2D eigenvalue weighted by Crippen LogP contribution is -2.40. The Bertz CT molecular complexity index is 1250. The lowest BCUT2D eigenvalue weighted by molar-refractivity contribution is -0.121. The van der Waals surface area contributed by atoms with Crippen LogP contribution in [0.4, 0.5) is 4.39 Å². The molecular formula is C27H36FN5O2. The fourth-order valence-corrected chi connectivity index (χ4v) is 5.49. The summed E-state index contributed by atoms with van der Waals surface area (Å²) in [6.45, 7) is 12.3. The van der Waals surface area contributed by atoms with E-state index in [1.165, 1.54) is 17.2 Å². The number of nitrogens with one attached hydrogen (secondary N) is 1. The van der Waals surface area contributed by atoms with E-state index in [1.54, 1.807) is 24.4 Å². The third-order valence-corrected chi connectivity index (χ3v) is 7.10. The zero-order chi connectivity index (χ0) is 25.1. The molecule has 4 rings (SSSR count). The van der Waals surface area contributed by atoms with Gasteiger partial charge in [-0.2, -0.15) is 5.10 Å². The van der Waals surface area contributed by atoms with E-state index in [0.717, 1.165) is 54.7 Å². The maximum Gasteiger partial charge on any atom is 0.276 e. The molecule has 35 heavy (non-hydrogen) atoms. The molecule has 1 N–H and O–H groups in total. The minimum absolute atomic E-state index is 0.121. The van der Waals surface area contributed by atoms with Crippen molar-refractivity contribution in [1.29, 1.82) is 0 Å². The number of fused-ring (bicyclic) bond motifs is 1. The van der Waals surface area contributed by atoms with Crippen molar-refractivity contribution in [1.82, 2.24) is 24.6 Å². The van der Waals surface area contributed by atoms with Crippen molar-refractivity contribution in [3.63, 3.8) is 0 Å². The van der Waals surface area contributed by atoms with Crippen molar-refractivity contribution < 1.29 is 9.18 Å². The molecule has 1 amide bonds. The van der Waals surface area contributed by atoms with Gasteiger partial charge in [0.2, 0.25) is 5.91 Å². The molecule has 3 aromatic rings. The average Bonchev–Trinajstić information content (AvgIpc) is 3.04. The standard InChI is InChI=1S/C27H36FN5O2/c1-18-12-19(2)15-31(14-18)11-7-10-29-25(34)17-33-27(35)26-21(4)32(20(3)23(26)13-30-33)16-22-8-5-6-9-24(22)28/h5-6,8-9,13,18-19H,7,10-12,14-17H2,1-4H3,(H,29,34)/t18-,19+. The van der Waals surface area contributed by atoms with Gasteiger partial charge in [-0.1, -0.05) is 32.0 Å². The van der Waals surface area contributed by atoms with Crippen LogP contribution in [0.5, 0.6) is 0 Å². The normalized spacial score (nSPS) is 18.8. The second-order valence-electron chi connectivity index (χ2n) is 10.2. The van der Waals surface area contributed by atoms with E-state index < -0.39 is 0 Å². The summed E-state index contributed by atoms with van der Waals surface area (Å²) >= 11 is 0. The fourth-order valence-electron chi connectivity index (χ4n) is 5.49. The van der Waals surface area contributed by atoms with Crippen LogP contribution in [-0.4, -0.2) is 51.3 Å². The van der Waals surface area contributed by atoms with Crippen LogP contribution < -0.4 is 10.9 Å². The molecule has 0 aliphatic carbocycles. The smallest absolute Gasteiger partial charge is 0.276 e. The van der Waals surface area contributed by atoms with E-state index in [0.29, 0.717) is 24.0 Å². The SMILES string of the molecule is Cc1c2cnn(CC(=O)NCCCN3C[C@H](C)C[C@H](C)C3)c(=O)c2c(C)n1Cc1ccccc1F. The predicted molar refractivity (Wildman–Crippen MR) is 136 cm³/mol. The second kappa shape index (κ2) is 10.7. The van der Waals surface area contributed by atoms with E-state index in [9.17, 15) is 14.0 Å². The number of rotatable bonds is 8. The highest BCUT2D eigenvalue weighted by atomic mass is 19.1. The molecule has 0 spiro atoms. The van der Waals surface area contributed by atoms with E-state index in [1.807, 2.05) is 18.4 Å². The first kappa shape index (κ1) is 25.1. The molecule has 1 saturated heterocycles. The molecular weight excluding hydrogens is 445 g/mol. The van der Waals surface area contributed by atoms with E-state index in [4.69, 9.17) is 0 Å². The number of benzene rings is 1. The monoisotopic (exact) mass is 481 g/mol. The summed E-state index contributed by atoms with van der Waals surface area (Å²) in [5.74, 6) is 0.935. The molecule has 1 aromatic carbocycles. The number of carbonyl (C=O) groups excluding carboxylic acids is 1. The number of aromatic nitrogens is 3. The van der Waals surface area contributed by atoms with Gasteiger partial charge in [-0.25, -0.2) is 9.07 Å². The summed E-state index contributed by atoms with van der Waals surface area (Å²) in [6, 6.07) is 6.64. The van der Waals surface area contributed by atoms with E-state index in [-0.39, 0.29) is 23.8 Å². The first-order valence-corrected chi connectivity index (χ1v) is 12.5. The van der Waals surface area contributed by atoms with Gasteiger partial charge in [0, 0.05) is 42.0 Å². The van der Waals surface area contributed by atoms with Crippen molar-refractivity contribution in [3.8, 4) is 0 Å². The number of piperidine rings is 1. The molecule has 2 aromatic heterocycles. The molecule has 0 bridgehead atoms. The van der Waals surface area contributed by atoms with Crippen molar-refractivity contribution in [2.45, 2.75) is 53.6 Å². The van der Waals surface area contributed by atoms with Crippen LogP contribution in [0.25, 0.3) is 10.8 Å². The molecule has 7 nitrogen and oxygen atoms in total. The summed E-state index contributed by atoms with van der Waals surface area (Å²) in [5.41, 5.74) is 1.84. The number of likely N-dealkylation sites (tertiary alicyclic amines) is 1. The Labute approximate surface area is 205 Å². The van der Waals surface area contributed by atoms with Gasteiger partial charge in [0.25, 0.3) is 5.56 Å². The van der Waals surface area contributed by atoms with Gasteiger partial charge < -0.3 is 14.8 Å². The molecule has 0 unspecified atom stereocenters. The second-order valence-corrected chi connectivity index (χ2v) is 10.2. The van der Waals surface area contributed by atoms with Crippen LogP contribution in [0.2, 0.25) is 0 Å². The average molecular weight is 482 g/mol. The van der Waals surface area contributed by atoms with Crippen LogP contribution in [-0.2, 0) is 17.9 Å². The Hall–Kier alpha value is -3.00. The van der Waals surface area contributed by atoms with Gasteiger partial charge >= 0.3 is 0 Å². The largest absolute Gasteiger partial charge is 0.354 e. The lowest BCUT2D eigenvalue weighted by Gasteiger charge is -2.34. The molecule has 3 heterocycles. The minimum Gasteiger partial charge on any atom is -0.354 e. The topological polar surface area (TPSA) is 72.2 Å². The minimum atomic E-state index is -0.304. The highest BCUT2D eigenvalue weighted by molar-refractivity contribution is 5.87. The number of halogens is 1. The number of hydrogen-bond acceptors (Lipinski definition) is 4. The Balaban J connectivity index is 1.40. The number of aryl methyl sites for hydroxylation is 2. The molecule has 0 radical (unpaired) electrons.